The van der Waals surface area contributed by atoms with E-state index in [1.807, 2.05) is 43.3 Å². The first kappa shape index (κ1) is 25.4. The summed E-state index contributed by atoms with van der Waals surface area (Å²) in [4.78, 5) is 25.4. The highest BCUT2D eigenvalue weighted by Crippen LogP contribution is 2.24. The number of aromatic nitrogens is 4. The molecule has 0 saturated carbocycles. The number of thiophene rings is 1. The van der Waals surface area contributed by atoms with Crippen LogP contribution in [-0.2, 0) is 13.1 Å². The van der Waals surface area contributed by atoms with Gasteiger partial charge in [0.15, 0.2) is 4.77 Å². The van der Waals surface area contributed by atoms with Crippen molar-refractivity contribution in [2.24, 2.45) is 0 Å². The lowest BCUT2D eigenvalue weighted by Crippen LogP contribution is -2.41. The summed E-state index contributed by atoms with van der Waals surface area (Å²) in [5, 5.41) is 4.42. The molecule has 0 radical (unpaired) electrons. The number of piperidine rings is 1. The van der Waals surface area contributed by atoms with Crippen molar-refractivity contribution < 1.29 is 9.89 Å². The molecule has 0 aliphatic carbocycles. The molecule has 1 aliphatic rings. The number of para-hydroxylation sites is 2. The van der Waals surface area contributed by atoms with Crippen LogP contribution in [-0.4, -0.2) is 55.2 Å². The van der Waals surface area contributed by atoms with Gasteiger partial charge >= 0.3 is 0 Å². The van der Waals surface area contributed by atoms with Crippen LogP contribution in [0.4, 0.5) is 5.95 Å². The molecule has 0 spiro atoms. The quantitative estimate of drug-likeness (QED) is 0.301. The summed E-state index contributed by atoms with van der Waals surface area (Å²) in [6.45, 7) is 5.96. The highest BCUT2D eigenvalue weighted by atomic mass is 32.1. The van der Waals surface area contributed by atoms with Crippen molar-refractivity contribution in [2.75, 3.05) is 25.0 Å². The summed E-state index contributed by atoms with van der Waals surface area (Å²) >= 11 is 7.06. The van der Waals surface area contributed by atoms with Crippen molar-refractivity contribution in [1.29, 1.82) is 0 Å². The monoisotopic (exact) mass is 538 g/mol. The number of nitrogens with zero attached hydrogens (tertiary/aromatic N) is 4. The zero-order chi connectivity index (χ0) is 24.6. The van der Waals surface area contributed by atoms with Gasteiger partial charge in [-0.15, -0.1) is 11.3 Å². The fourth-order valence-corrected chi connectivity index (χ4v) is 6.24. The smallest absolute Gasteiger partial charge is 0.263 e. The second-order valence-corrected chi connectivity index (χ2v) is 11.0. The van der Waals surface area contributed by atoms with Gasteiger partial charge in [0, 0.05) is 37.1 Å². The highest BCUT2D eigenvalue weighted by Gasteiger charge is 2.22. The number of H-pyrrole nitrogens is 1. The Labute approximate surface area is 222 Å². The minimum absolute atomic E-state index is 0. The summed E-state index contributed by atoms with van der Waals surface area (Å²) in [7, 11) is 0. The van der Waals surface area contributed by atoms with Crippen molar-refractivity contribution in [3.05, 3.63) is 74.5 Å². The third kappa shape index (κ3) is 5.12. The molecular formula is C26H30N6O3S2. The molecule has 1 saturated heterocycles. The average molecular weight is 539 g/mol. The van der Waals surface area contributed by atoms with Crippen LogP contribution < -0.4 is 10.9 Å². The van der Waals surface area contributed by atoms with Crippen LogP contribution >= 0.6 is 23.6 Å². The van der Waals surface area contributed by atoms with Crippen LogP contribution in [0, 0.1) is 11.7 Å². The Morgan fingerprint density at radius 1 is 1.16 bits per heavy atom. The molecule has 1 fully saturated rings. The SMILES string of the molecule is Cc1cc2c(=O)n(CCN3CCC(Nc4nc5ccccc5n4Cc4ccco4)CC3)c(=S)[nH]c2s1.O. The Morgan fingerprint density at radius 3 is 2.76 bits per heavy atom. The molecule has 1 aromatic carbocycles. The number of nitrogens with one attached hydrogen (secondary N) is 2. The molecule has 5 aromatic rings. The molecule has 11 heteroatoms. The van der Waals surface area contributed by atoms with Crippen LogP contribution in [0.1, 0.15) is 23.5 Å². The third-order valence-electron chi connectivity index (χ3n) is 6.91. The van der Waals surface area contributed by atoms with Gasteiger partial charge in [0.1, 0.15) is 10.6 Å². The molecular weight excluding hydrogens is 508 g/mol. The van der Waals surface area contributed by atoms with E-state index in [2.05, 4.69) is 25.8 Å². The zero-order valence-electron chi connectivity index (χ0n) is 20.6. The predicted octanol–water partition coefficient (Wildman–Crippen LogP) is 4.17. The lowest BCUT2D eigenvalue weighted by Gasteiger charge is -2.32. The number of aromatic amines is 1. The Bertz CT molecular complexity index is 1620. The third-order valence-corrected chi connectivity index (χ3v) is 8.19. The maximum absolute atomic E-state index is 12.9. The minimum atomic E-state index is 0. The number of furan rings is 1. The molecule has 0 bridgehead atoms. The van der Waals surface area contributed by atoms with Gasteiger partial charge in [-0.3, -0.25) is 9.36 Å². The number of rotatable bonds is 7. The van der Waals surface area contributed by atoms with E-state index in [9.17, 15) is 4.79 Å². The molecule has 4 aromatic heterocycles. The number of imidazole rings is 1. The van der Waals surface area contributed by atoms with Gasteiger partial charge in [0.25, 0.3) is 5.56 Å². The molecule has 5 heterocycles. The maximum atomic E-state index is 12.9. The van der Waals surface area contributed by atoms with Gasteiger partial charge in [-0.1, -0.05) is 12.1 Å². The van der Waals surface area contributed by atoms with Crippen LogP contribution in [0.2, 0.25) is 0 Å². The molecule has 4 N–H and O–H groups in total. The zero-order valence-corrected chi connectivity index (χ0v) is 22.2. The number of fused-ring (bicyclic) bond motifs is 2. The Kier molecular flexibility index (Phi) is 7.29. The second kappa shape index (κ2) is 10.6. The largest absolute Gasteiger partial charge is 0.467 e. The molecule has 9 nitrogen and oxygen atoms in total. The van der Waals surface area contributed by atoms with Crippen LogP contribution in [0.5, 0.6) is 0 Å². The van der Waals surface area contributed by atoms with Crippen LogP contribution in [0.15, 0.2) is 57.9 Å². The van der Waals surface area contributed by atoms with Gasteiger partial charge < -0.3 is 29.7 Å². The topological polar surface area (TPSA) is 116 Å². The van der Waals surface area contributed by atoms with Gasteiger partial charge in [0.05, 0.1) is 29.2 Å². The lowest BCUT2D eigenvalue weighted by molar-refractivity contribution is 0.210. The number of hydrogen-bond donors (Lipinski definition) is 2. The molecule has 0 atom stereocenters. The van der Waals surface area contributed by atoms with E-state index in [0.29, 0.717) is 23.9 Å². The molecule has 0 unspecified atom stereocenters. The van der Waals surface area contributed by atoms with E-state index in [-0.39, 0.29) is 11.0 Å². The first-order valence-electron chi connectivity index (χ1n) is 12.2. The van der Waals surface area contributed by atoms with E-state index in [4.69, 9.17) is 21.6 Å². The van der Waals surface area contributed by atoms with E-state index in [0.717, 1.165) is 70.3 Å². The summed E-state index contributed by atoms with van der Waals surface area (Å²) in [6, 6.07) is 14.4. The maximum Gasteiger partial charge on any atom is 0.263 e. The van der Waals surface area contributed by atoms with E-state index in [1.54, 1.807) is 22.2 Å². The van der Waals surface area contributed by atoms with Crippen LogP contribution in [0.3, 0.4) is 0 Å². The molecule has 6 rings (SSSR count). The molecule has 194 valence electrons. The first-order chi connectivity index (χ1) is 17.5. The summed E-state index contributed by atoms with van der Waals surface area (Å²) < 4.78 is 10.00. The van der Waals surface area contributed by atoms with Gasteiger partial charge in [0.2, 0.25) is 5.95 Å². The Balaban J connectivity index is 0.00000280. The number of aryl methyl sites for hydroxylation is 1. The summed E-state index contributed by atoms with van der Waals surface area (Å²) in [5.74, 6) is 1.78. The normalized spacial score (nSPS) is 14.8. The molecule has 0 amide bonds. The fraction of sp³-hybridized carbons (Fsp3) is 0.346. The standard InChI is InChI=1S/C26H28N6O2S2.H2O/c1-17-15-20-23(36-17)29-26(35)31(24(20)33)13-12-30-10-8-18(9-11-30)27-25-28-21-6-2-3-7-22(21)32(25)16-19-5-4-14-34-19;/h2-7,14-15,18H,8-13,16H2,1H3,(H,27,28)(H,29,35);1H2. The van der Waals surface area contributed by atoms with Crippen molar-refractivity contribution in [3.8, 4) is 0 Å². The highest BCUT2D eigenvalue weighted by molar-refractivity contribution is 7.71. The van der Waals surface area contributed by atoms with Crippen molar-refractivity contribution in [2.45, 2.75) is 38.9 Å². The lowest BCUT2D eigenvalue weighted by atomic mass is 10.1. The summed E-state index contributed by atoms with van der Waals surface area (Å²) in [5.41, 5.74) is 2.07. The van der Waals surface area contributed by atoms with Crippen molar-refractivity contribution in [3.63, 3.8) is 0 Å². The molecule has 37 heavy (non-hydrogen) atoms. The minimum Gasteiger partial charge on any atom is -0.467 e. The average Bonchev–Trinajstić information content (AvgIpc) is 3.60. The Morgan fingerprint density at radius 2 is 1.97 bits per heavy atom. The van der Waals surface area contributed by atoms with E-state index >= 15 is 0 Å². The van der Waals surface area contributed by atoms with Gasteiger partial charge in [-0.05, 0) is 62.3 Å². The first-order valence-corrected chi connectivity index (χ1v) is 13.5. The van der Waals surface area contributed by atoms with E-state index < -0.39 is 0 Å². The fourth-order valence-electron chi connectivity index (χ4n) is 5.00. The number of likely N-dealkylation sites (tertiary alicyclic amines) is 1. The van der Waals surface area contributed by atoms with Crippen molar-refractivity contribution >= 4 is 50.8 Å². The number of anilines is 1. The van der Waals surface area contributed by atoms with Crippen molar-refractivity contribution in [1.82, 2.24) is 24.0 Å². The Hall–Kier alpha value is -3.25. The second-order valence-electron chi connectivity index (χ2n) is 9.34. The molecule has 1 aliphatic heterocycles. The predicted molar refractivity (Wildman–Crippen MR) is 150 cm³/mol. The van der Waals surface area contributed by atoms with E-state index in [1.165, 1.54) is 0 Å². The van der Waals surface area contributed by atoms with Gasteiger partial charge in [-0.25, -0.2) is 4.98 Å². The number of hydrogen-bond acceptors (Lipinski definition) is 7. The summed E-state index contributed by atoms with van der Waals surface area (Å²) in [6.07, 6.45) is 3.72. The van der Waals surface area contributed by atoms with Gasteiger partial charge in [-0.2, -0.15) is 0 Å². The number of benzene rings is 1. The van der Waals surface area contributed by atoms with Crippen LogP contribution in [0.25, 0.3) is 21.3 Å².